The molecule has 0 aliphatic heterocycles. The zero-order valence-electron chi connectivity index (χ0n) is 13.5. The molecule has 0 saturated heterocycles. The van der Waals surface area contributed by atoms with E-state index < -0.39 is 0 Å². The van der Waals surface area contributed by atoms with E-state index in [1.165, 1.54) is 0 Å². The summed E-state index contributed by atoms with van der Waals surface area (Å²) in [7, 11) is 0. The number of carbonyl (C=O) groups is 1. The predicted octanol–water partition coefficient (Wildman–Crippen LogP) is 0.481. The minimum absolute atomic E-state index is 0.0543. The van der Waals surface area contributed by atoms with E-state index >= 15 is 0 Å². The molecule has 0 aliphatic carbocycles. The van der Waals surface area contributed by atoms with Crippen molar-refractivity contribution in [3.63, 3.8) is 0 Å². The number of thiol groups is 1. The van der Waals surface area contributed by atoms with Crippen molar-refractivity contribution in [1.29, 1.82) is 0 Å². The Labute approximate surface area is 138 Å². The summed E-state index contributed by atoms with van der Waals surface area (Å²) in [6, 6.07) is 0. The first kappa shape index (κ1) is 21.6. The molecule has 0 aromatic carbocycles. The van der Waals surface area contributed by atoms with Crippen LogP contribution in [0.1, 0.15) is 13.8 Å². The third-order valence-electron chi connectivity index (χ3n) is 2.32. The van der Waals surface area contributed by atoms with Gasteiger partial charge in [-0.3, -0.25) is 4.79 Å². The third kappa shape index (κ3) is 17.7. The van der Waals surface area contributed by atoms with Crippen molar-refractivity contribution in [1.82, 2.24) is 5.32 Å². The molecule has 8 heteroatoms. The maximum atomic E-state index is 11.3. The van der Waals surface area contributed by atoms with Gasteiger partial charge in [0.25, 0.3) is 0 Å². The zero-order chi connectivity index (χ0) is 16.5. The topological polar surface area (TPSA) is 75.3 Å². The van der Waals surface area contributed by atoms with E-state index in [0.29, 0.717) is 58.7 Å². The Kier molecular flexibility index (Phi) is 16.7. The van der Waals surface area contributed by atoms with Gasteiger partial charge in [0.05, 0.1) is 58.3 Å². The molecule has 0 fully saturated rings. The van der Waals surface area contributed by atoms with Gasteiger partial charge in [0.2, 0.25) is 5.91 Å². The molecule has 7 nitrogen and oxygen atoms in total. The third-order valence-corrected chi connectivity index (χ3v) is 2.51. The summed E-state index contributed by atoms with van der Waals surface area (Å²) < 4.78 is 26.1. The van der Waals surface area contributed by atoms with Gasteiger partial charge in [-0.25, -0.2) is 0 Å². The average molecular weight is 339 g/mol. The number of hydrogen-bond donors (Lipinski definition) is 2. The van der Waals surface area contributed by atoms with E-state index in [2.05, 4.69) is 17.9 Å². The van der Waals surface area contributed by atoms with Gasteiger partial charge in [0.1, 0.15) is 6.61 Å². The molecule has 0 saturated carbocycles. The second-order valence-corrected chi connectivity index (χ2v) is 4.84. The van der Waals surface area contributed by atoms with Crippen molar-refractivity contribution in [2.75, 3.05) is 65.3 Å². The predicted molar refractivity (Wildman–Crippen MR) is 86.4 cm³/mol. The first-order valence-corrected chi connectivity index (χ1v) is 8.10. The lowest BCUT2D eigenvalue weighted by atomic mass is 10.5. The van der Waals surface area contributed by atoms with Crippen molar-refractivity contribution in [2.24, 2.45) is 0 Å². The number of carbonyl (C=O) groups excluding carboxylic acids is 1. The number of nitrogens with one attached hydrogen (secondary N) is 1. The van der Waals surface area contributed by atoms with Gasteiger partial charge in [-0.1, -0.05) is 0 Å². The quantitative estimate of drug-likeness (QED) is 0.242. The van der Waals surface area contributed by atoms with Crippen LogP contribution in [-0.2, 0) is 28.5 Å². The molecule has 0 rings (SSSR count). The van der Waals surface area contributed by atoms with E-state index in [1.807, 2.05) is 13.8 Å². The second kappa shape index (κ2) is 17.0. The number of hydrogen-bond acceptors (Lipinski definition) is 7. The SMILES string of the molecule is CC(C)OCC(=O)NCCOCCOCCOCCOCS. The van der Waals surface area contributed by atoms with E-state index in [9.17, 15) is 4.79 Å². The molecule has 0 aromatic heterocycles. The highest BCUT2D eigenvalue weighted by atomic mass is 32.1. The van der Waals surface area contributed by atoms with Crippen LogP contribution in [0, 0.1) is 0 Å². The van der Waals surface area contributed by atoms with Gasteiger partial charge >= 0.3 is 0 Å². The van der Waals surface area contributed by atoms with Crippen LogP contribution in [0.2, 0.25) is 0 Å². The number of ether oxygens (including phenoxy) is 5. The van der Waals surface area contributed by atoms with Crippen molar-refractivity contribution in [3.05, 3.63) is 0 Å². The Bertz CT molecular complexity index is 255. The summed E-state index contributed by atoms with van der Waals surface area (Å²) in [6.45, 7) is 7.90. The van der Waals surface area contributed by atoms with E-state index in [4.69, 9.17) is 23.7 Å². The molecule has 0 heterocycles. The summed E-state index contributed by atoms with van der Waals surface area (Å²) in [5, 5.41) is 2.71. The van der Waals surface area contributed by atoms with Crippen LogP contribution in [0.25, 0.3) is 0 Å². The Morgan fingerprint density at radius 3 is 1.91 bits per heavy atom. The minimum atomic E-state index is -0.132. The van der Waals surface area contributed by atoms with Gasteiger partial charge in [-0.05, 0) is 13.8 Å². The Morgan fingerprint density at radius 2 is 1.41 bits per heavy atom. The monoisotopic (exact) mass is 339 g/mol. The fourth-order valence-electron chi connectivity index (χ4n) is 1.28. The summed E-state index contributed by atoms with van der Waals surface area (Å²) >= 11 is 3.91. The van der Waals surface area contributed by atoms with Gasteiger partial charge in [0, 0.05) is 6.54 Å². The van der Waals surface area contributed by atoms with Gasteiger partial charge in [-0.15, -0.1) is 0 Å². The zero-order valence-corrected chi connectivity index (χ0v) is 14.4. The summed E-state index contributed by atoms with van der Waals surface area (Å²) in [4.78, 5) is 11.3. The molecule has 0 bridgehead atoms. The second-order valence-electron chi connectivity index (χ2n) is 4.58. The summed E-state index contributed by atoms with van der Waals surface area (Å²) in [5.41, 5.74) is 0. The lowest BCUT2D eigenvalue weighted by molar-refractivity contribution is -0.127. The van der Waals surface area contributed by atoms with Crippen LogP contribution in [-0.4, -0.2) is 77.3 Å². The highest BCUT2D eigenvalue weighted by Gasteiger charge is 2.02. The largest absolute Gasteiger partial charge is 0.377 e. The molecule has 132 valence electrons. The molecule has 0 unspecified atom stereocenters. The standard InChI is InChI=1S/C14H29NO6S/c1-13(2)21-11-14(16)15-3-4-17-5-6-18-7-8-19-9-10-20-12-22/h13,22H,3-12H2,1-2H3,(H,15,16). The summed E-state index contributed by atoms with van der Waals surface area (Å²) in [5.74, 6) is 0.273. The Balaban J connectivity index is 3.09. The Hall–Kier alpha value is -0.380. The fraction of sp³-hybridized carbons (Fsp3) is 0.929. The molecule has 0 aliphatic rings. The van der Waals surface area contributed by atoms with Crippen molar-refractivity contribution >= 4 is 18.5 Å². The van der Waals surface area contributed by atoms with E-state index in [0.717, 1.165) is 0 Å². The van der Waals surface area contributed by atoms with Crippen LogP contribution in [0.3, 0.4) is 0 Å². The van der Waals surface area contributed by atoms with Crippen LogP contribution in [0.5, 0.6) is 0 Å². The van der Waals surface area contributed by atoms with Crippen molar-refractivity contribution in [2.45, 2.75) is 20.0 Å². The molecule has 0 radical (unpaired) electrons. The molecule has 1 N–H and O–H groups in total. The van der Waals surface area contributed by atoms with Crippen molar-refractivity contribution in [3.8, 4) is 0 Å². The Morgan fingerprint density at radius 1 is 0.909 bits per heavy atom. The van der Waals surface area contributed by atoms with Gasteiger partial charge < -0.3 is 29.0 Å². The first-order chi connectivity index (χ1) is 10.7. The number of amides is 1. The van der Waals surface area contributed by atoms with Crippen LogP contribution in [0.4, 0.5) is 0 Å². The van der Waals surface area contributed by atoms with E-state index in [-0.39, 0.29) is 18.6 Å². The van der Waals surface area contributed by atoms with Crippen LogP contribution >= 0.6 is 12.6 Å². The van der Waals surface area contributed by atoms with Crippen LogP contribution < -0.4 is 5.32 Å². The lowest BCUT2D eigenvalue weighted by Crippen LogP contribution is -2.31. The maximum absolute atomic E-state index is 11.3. The van der Waals surface area contributed by atoms with E-state index in [1.54, 1.807) is 0 Å². The van der Waals surface area contributed by atoms with Gasteiger partial charge in [0.15, 0.2) is 0 Å². The molecule has 22 heavy (non-hydrogen) atoms. The molecule has 1 amide bonds. The van der Waals surface area contributed by atoms with Gasteiger partial charge in [-0.2, -0.15) is 12.6 Å². The molecule has 0 aromatic rings. The average Bonchev–Trinajstić information content (AvgIpc) is 2.49. The molecular weight excluding hydrogens is 310 g/mol. The van der Waals surface area contributed by atoms with Crippen molar-refractivity contribution < 1.29 is 28.5 Å². The molecule has 0 spiro atoms. The highest BCUT2D eigenvalue weighted by molar-refractivity contribution is 7.80. The first-order valence-electron chi connectivity index (χ1n) is 7.47. The fourth-order valence-corrected chi connectivity index (χ4v) is 1.41. The number of rotatable bonds is 16. The van der Waals surface area contributed by atoms with Crippen LogP contribution in [0.15, 0.2) is 0 Å². The lowest BCUT2D eigenvalue weighted by Gasteiger charge is -2.09. The molecule has 0 atom stereocenters. The normalized spacial score (nSPS) is 11.1. The maximum Gasteiger partial charge on any atom is 0.246 e. The molecular formula is C14H29NO6S. The smallest absolute Gasteiger partial charge is 0.246 e. The minimum Gasteiger partial charge on any atom is -0.377 e. The summed E-state index contributed by atoms with van der Waals surface area (Å²) in [6.07, 6.45) is 0.0543. The highest BCUT2D eigenvalue weighted by Crippen LogP contribution is 1.86.